The van der Waals surface area contributed by atoms with Crippen molar-refractivity contribution in [3.63, 3.8) is 0 Å². The van der Waals surface area contributed by atoms with Crippen molar-refractivity contribution in [3.8, 4) is 22.5 Å². The Bertz CT molecular complexity index is 3280. The lowest BCUT2D eigenvalue weighted by Gasteiger charge is -2.31. The van der Waals surface area contributed by atoms with Crippen molar-refractivity contribution in [1.82, 2.24) is 9.13 Å². The summed E-state index contributed by atoms with van der Waals surface area (Å²) >= 11 is 0. The number of para-hydroxylation sites is 2. The predicted octanol–water partition coefficient (Wildman–Crippen LogP) is 10.4. The van der Waals surface area contributed by atoms with Crippen LogP contribution in [-0.4, -0.2) is 17.2 Å². The maximum Gasteiger partial charge on any atom is 0.180 e. The van der Waals surface area contributed by atoms with Gasteiger partial charge in [-0.1, -0.05) is 158 Å². The molecule has 0 atom stereocenters. The first-order valence-corrected chi connectivity index (χ1v) is 21.1. The van der Waals surface area contributed by atoms with Crippen LogP contribution in [0, 0.1) is 0 Å². The van der Waals surface area contributed by atoms with Crippen LogP contribution in [0.15, 0.2) is 206 Å². The molecule has 0 amide bonds. The van der Waals surface area contributed by atoms with Crippen molar-refractivity contribution in [1.29, 1.82) is 0 Å². The maximum atomic E-state index is 2.54. The van der Waals surface area contributed by atoms with E-state index in [0.29, 0.717) is 0 Å². The number of fused-ring (bicyclic) bond motifs is 10. The second-order valence-corrected chi connectivity index (χ2v) is 18.6. The fourth-order valence-corrected chi connectivity index (χ4v) is 15.1. The molecule has 0 N–H and O–H groups in total. The van der Waals surface area contributed by atoms with Crippen LogP contribution >= 0.6 is 0 Å². The van der Waals surface area contributed by atoms with Crippen LogP contribution in [0.1, 0.15) is 0 Å². The van der Waals surface area contributed by atoms with Crippen molar-refractivity contribution in [3.05, 3.63) is 206 Å². The van der Waals surface area contributed by atoms with E-state index < -0.39 is 8.07 Å². The molecule has 0 fully saturated rings. The molecule has 0 unspecified atom stereocenters. The van der Waals surface area contributed by atoms with Gasteiger partial charge in [-0.25, -0.2) is 0 Å². The predicted molar refractivity (Wildman–Crippen MR) is 235 cm³/mol. The van der Waals surface area contributed by atoms with Crippen LogP contribution < -0.4 is 20.7 Å². The summed E-state index contributed by atoms with van der Waals surface area (Å²) in [5.74, 6) is 0. The third-order valence-corrected chi connectivity index (χ3v) is 17.0. The minimum absolute atomic E-state index is 1.17. The Labute approximate surface area is 319 Å². The van der Waals surface area contributed by atoms with Crippen LogP contribution in [0.2, 0.25) is 0 Å². The van der Waals surface area contributed by atoms with Gasteiger partial charge in [-0.2, -0.15) is 0 Å². The molecule has 0 spiro atoms. The topological polar surface area (TPSA) is 9.86 Å². The zero-order valence-corrected chi connectivity index (χ0v) is 31.0. The van der Waals surface area contributed by atoms with E-state index in [1.807, 2.05) is 0 Å². The van der Waals surface area contributed by atoms with Gasteiger partial charge in [0.25, 0.3) is 0 Å². The first kappa shape index (κ1) is 30.5. The average Bonchev–Trinajstić information content (AvgIpc) is 3.87. The summed E-state index contributed by atoms with van der Waals surface area (Å²) in [5, 5.41) is 13.3. The molecule has 2 aromatic heterocycles. The third-order valence-electron chi connectivity index (χ3n) is 12.2. The van der Waals surface area contributed by atoms with Crippen molar-refractivity contribution < 1.29 is 0 Å². The zero-order chi connectivity index (χ0) is 36.1. The Morgan fingerprint density at radius 3 is 1.47 bits per heavy atom. The molecule has 1 aliphatic rings. The molecule has 0 radical (unpaired) electrons. The zero-order valence-electron chi connectivity index (χ0n) is 30.0. The Morgan fingerprint density at radius 1 is 0.291 bits per heavy atom. The molecule has 1 aliphatic heterocycles. The quantitative estimate of drug-likeness (QED) is 0.161. The van der Waals surface area contributed by atoms with E-state index in [1.54, 1.807) is 0 Å². The van der Waals surface area contributed by atoms with Gasteiger partial charge >= 0.3 is 0 Å². The lowest BCUT2D eigenvalue weighted by Crippen LogP contribution is -2.72. The van der Waals surface area contributed by atoms with Gasteiger partial charge in [-0.3, -0.25) is 0 Å². The molecule has 3 heteroatoms. The molecule has 12 rings (SSSR count). The number of benzene rings is 9. The highest BCUT2D eigenvalue weighted by atomic mass is 28.3. The summed E-state index contributed by atoms with van der Waals surface area (Å²) in [4.78, 5) is 0. The van der Waals surface area contributed by atoms with E-state index in [-0.39, 0.29) is 0 Å². The Kier molecular flexibility index (Phi) is 6.39. The van der Waals surface area contributed by atoms with E-state index >= 15 is 0 Å². The Balaban J connectivity index is 1.18. The molecular weight excluding hydrogens is 681 g/mol. The smallest absolute Gasteiger partial charge is 0.180 e. The van der Waals surface area contributed by atoms with Gasteiger partial charge in [0, 0.05) is 32.9 Å². The maximum absolute atomic E-state index is 2.66. The number of aromatic nitrogens is 2. The summed E-state index contributed by atoms with van der Waals surface area (Å²) in [6.07, 6.45) is 0. The van der Waals surface area contributed by atoms with Gasteiger partial charge in [-0.05, 0) is 91.2 Å². The molecule has 256 valence electrons. The summed E-state index contributed by atoms with van der Waals surface area (Å²) in [6, 6.07) is 77.2. The first-order valence-electron chi connectivity index (χ1n) is 19.1. The molecule has 55 heavy (non-hydrogen) atoms. The standard InChI is InChI=1S/C52H34N2Si/c1-3-17-39(18-4-1)55(40-19-5-2-6-20-40)51-26-14-11-23-43(51)44-30-29-38(32-52(44)55)54-48-25-13-10-22-42(48)46-33-45-41-21-9-12-24-47(41)53(49(45)34-50(46)54)37-28-27-35-15-7-8-16-36(35)31-37/h1-34H. The molecule has 0 bridgehead atoms. The van der Waals surface area contributed by atoms with Crippen LogP contribution in [0.25, 0.3) is 76.9 Å². The summed E-state index contributed by atoms with van der Waals surface area (Å²) < 4.78 is 4.98. The lowest BCUT2D eigenvalue weighted by atomic mass is 10.1. The highest BCUT2D eigenvalue weighted by Crippen LogP contribution is 2.40. The molecule has 2 nitrogen and oxygen atoms in total. The highest BCUT2D eigenvalue weighted by Gasteiger charge is 2.48. The summed E-state index contributed by atoms with van der Waals surface area (Å²) in [6.45, 7) is 0. The normalized spacial score (nSPS) is 13.2. The third kappa shape index (κ3) is 4.19. The van der Waals surface area contributed by atoms with Crippen molar-refractivity contribution in [2.45, 2.75) is 0 Å². The molecule has 0 saturated carbocycles. The van der Waals surface area contributed by atoms with Gasteiger partial charge in [0.15, 0.2) is 8.07 Å². The number of nitrogens with zero attached hydrogens (tertiary/aromatic N) is 2. The minimum atomic E-state index is -2.66. The van der Waals surface area contributed by atoms with Gasteiger partial charge in [0.05, 0.1) is 22.1 Å². The summed E-state index contributed by atoms with van der Waals surface area (Å²) in [7, 11) is -2.66. The van der Waals surface area contributed by atoms with Crippen LogP contribution in [-0.2, 0) is 0 Å². The van der Waals surface area contributed by atoms with E-state index in [4.69, 9.17) is 0 Å². The van der Waals surface area contributed by atoms with Crippen LogP contribution in [0.5, 0.6) is 0 Å². The minimum Gasteiger partial charge on any atom is -0.309 e. The molecule has 3 heterocycles. The van der Waals surface area contributed by atoms with E-state index in [1.165, 1.54) is 97.6 Å². The molecule has 0 saturated heterocycles. The number of hydrogen-bond donors (Lipinski definition) is 0. The van der Waals surface area contributed by atoms with Crippen molar-refractivity contribution in [2.75, 3.05) is 0 Å². The monoisotopic (exact) mass is 714 g/mol. The summed E-state index contributed by atoms with van der Waals surface area (Å²) in [5.41, 5.74) is 9.91. The Morgan fingerprint density at radius 2 is 0.800 bits per heavy atom. The van der Waals surface area contributed by atoms with Crippen molar-refractivity contribution >= 4 is 83.2 Å². The lowest BCUT2D eigenvalue weighted by molar-refractivity contribution is 1.17. The van der Waals surface area contributed by atoms with Crippen LogP contribution in [0.3, 0.4) is 0 Å². The Hall–Kier alpha value is -6.94. The van der Waals surface area contributed by atoms with E-state index in [2.05, 4.69) is 215 Å². The van der Waals surface area contributed by atoms with Gasteiger partial charge in [0.1, 0.15) is 0 Å². The SMILES string of the molecule is c1ccc([Si]2(c3ccccc3)c3ccccc3-c3ccc(-n4c5ccccc5c5cc6c7ccccc7n(-c7ccc8ccccc8c7)c6cc54)cc32)cc1. The largest absolute Gasteiger partial charge is 0.309 e. The fourth-order valence-electron chi connectivity index (χ4n) is 9.87. The fraction of sp³-hybridized carbons (Fsp3) is 0. The van der Waals surface area contributed by atoms with Gasteiger partial charge in [0.2, 0.25) is 0 Å². The number of hydrogen-bond acceptors (Lipinski definition) is 0. The van der Waals surface area contributed by atoms with Gasteiger partial charge < -0.3 is 9.13 Å². The van der Waals surface area contributed by atoms with E-state index in [0.717, 1.165) is 0 Å². The van der Waals surface area contributed by atoms with Crippen LogP contribution in [0.4, 0.5) is 0 Å². The average molecular weight is 715 g/mol. The van der Waals surface area contributed by atoms with Crippen molar-refractivity contribution in [2.24, 2.45) is 0 Å². The molecular formula is C52H34N2Si. The molecule has 0 aliphatic carbocycles. The second kappa shape index (κ2) is 11.5. The molecule has 11 aromatic rings. The van der Waals surface area contributed by atoms with E-state index in [9.17, 15) is 0 Å². The first-order chi connectivity index (χ1) is 27.3. The van der Waals surface area contributed by atoms with Gasteiger partial charge in [-0.15, -0.1) is 0 Å². The second-order valence-electron chi connectivity index (χ2n) is 14.9. The highest BCUT2D eigenvalue weighted by molar-refractivity contribution is 7.22. The number of rotatable bonds is 4. The molecule has 9 aromatic carbocycles.